The Morgan fingerprint density at radius 2 is 1.95 bits per heavy atom. The fourth-order valence-electron chi connectivity index (χ4n) is 2.55. The van der Waals surface area contributed by atoms with Crippen LogP contribution in [0.5, 0.6) is 0 Å². The van der Waals surface area contributed by atoms with E-state index in [1.807, 2.05) is 0 Å². The number of fused-ring (bicyclic) bond motifs is 1. The summed E-state index contributed by atoms with van der Waals surface area (Å²) in [7, 11) is 6.20. The van der Waals surface area contributed by atoms with Crippen LogP contribution in [0.3, 0.4) is 0 Å². The van der Waals surface area contributed by atoms with Gasteiger partial charge in [-0.1, -0.05) is 12.2 Å². The van der Waals surface area contributed by atoms with Crippen LogP contribution in [0.2, 0.25) is 0 Å². The molecular weight excluding hydrogens is 268 g/mol. The van der Waals surface area contributed by atoms with E-state index >= 15 is 0 Å². The Balaban J connectivity index is 2.32. The van der Waals surface area contributed by atoms with E-state index in [-0.39, 0.29) is 0 Å². The molecular formula is C15H24N4S. The van der Waals surface area contributed by atoms with Crippen LogP contribution in [0.1, 0.15) is 29.7 Å². The summed E-state index contributed by atoms with van der Waals surface area (Å²) in [5.74, 6) is 0.931. The summed E-state index contributed by atoms with van der Waals surface area (Å²) in [6.07, 6.45) is 4.63. The number of hydrogen-bond donors (Lipinski definition) is 1. The van der Waals surface area contributed by atoms with E-state index in [0.29, 0.717) is 4.99 Å². The molecule has 4 nitrogen and oxygen atoms in total. The predicted molar refractivity (Wildman–Crippen MR) is 88.6 cm³/mol. The van der Waals surface area contributed by atoms with Crippen LogP contribution in [0.25, 0.3) is 0 Å². The van der Waals surface area contributed by atoms with Crippen LogP contribution in [0.4, 0.5) is 5.82 Å². The fourth-order valence-corrected chi connectivity index (χ4v) is 2.70. The zero-order valence-corrected chi connectivity index (χ0v) is 13.5. The van der Waals surface area contributed by atoms with Gasteiger partial charge in [-0.15, -0.1) is 0 Å². The second kappa shape index (κ2) is 6.50. The zero-order chi connectivity index (χ0) is 14.7. The molecule has 0 fully saturated rings. The first-order chi connectivity index (χ1) is 9.49. The topological polar surface area (TPSA) is 45.4 Å². The SMILES string of the molecule is CN(C)CCN(C)c1nc2c(cc1C(N)=S)CCCC2. The van der Waals surface area contributed by atoms with Gasteiger partial charge in [0.15, 0.2) is 0 Å². The van der Waals surface area contributed by atoms with Gasteiger partial charge in [-0.25, -0.2) is 4.98 Å². The molecule has 0 bridgehead atoms. The number of anilines is 1. The van der Waals surface area contributed by atoms with Gasteiger partial charge in [-0.05, 0) is 51.4 Å². The van der Waals surface area contributed by atoms with Crippen LogP contribution in [-0.2, 0) is 12.8 Å². The molecule has 0 aliphatic heterocycles. The zero-order valence-electron chi connectivity index (χ0n) is 12.6. The standard InChI is InChI=1S/C15H24N4S/c1-18(2)8-9-19(3)15-12(14(16)20)10-11-6-4-5-7-13(11)17-15/h10H,4-9H2,1-3H3,(H2,16,20). The van der Waals surface area contributed by atoms with Crippen LogP contribution < -0.4 is 10.6 Å². The molecule has 0 amide bonds. The molecule has 1 heterocycles. The number of aryl methyl sites for hydroxylation is 2. The first kappa shape index (κ1) is 15.2. The Labute approximate surface area is 127 Å². The molecule has 1 aromatic rings. The summed E-state index contributed by atoms with van der Waals surface area (Å²) in [4.78, 5) is 9.61. The van der Waals surface area contributed by atoms with Crippen molar-refractivity contribution < 1.29 is 0 Å². The highest BCUT2D eigenvalue weighted by molar-refractivity contribution is 7.80. The summed E-state index contributed by atoms with van der Waals surface area (Å²) in [6, 6.07) is 2.16. The maximum absolute atomic E-state index is 5.90. The molecule has 5 heteroatoms. The number of pyridine rings is 1. The number of rotatable bonds is 5. The molecule has 0 spiro atoms. The minimum atomic E-state index is 0.442. The minimum Gasteiger partial charge on any atom is -0.389 e. The van der Waals surface area contributed by atoms with Crippen LogP contribution in [0.15, 0.2) is 6.07 Å². The van der Waals surface area contributed by atoms with Crippen molar-refractivity contribution in [2.24, 2.45) is 5.73 Å². The van der Waals surface area contributed by atoms with Gasteiger partial charge in [-0.2, -0.15) is 0 Å². The monoisotopic (exact) mass is 292 g/mol. The van der Waals surface area contributed by atoms with Crippen molar-refractivity contribution in [3.63, 3.8) is 0 Å². The second-order valence-corrected chi connectivity index (χ2v) is 6.20. The van der Waals surface area contributed by atoms with Crippen molar-refractivity contribution in [2.75, 3.05) is 39.1 Å². The number of aromatic nitrogens is 1. The lowest BCUT2D eigenvalue weighted by atomic mass is 9.94. The number of nitrogens with zero attached hydrogens (tertiary/aromatic N) is 3. The Kier molecular flexibility index (Phi) is 4.94. The normalized spacial score (nSPS) is 14.2. The average molecular weight is 292 g/mol. The maximum Gasteiger partial charge on any atom is 0.138 e. The molecule has 20 heavy (non-hydrogen) atoms. The Hall–Kier alpha value is -1.20. The summed E-state index contributed by atoms with van der Waals surface area (Å²) in [5, 5.41) is 0. The molecule has 0 radical (unpaired) electrons. The number of likely N-dealkylation sites (N-methyl/N-ethyl adjacent to an activating group) is 2. The predicted octanol–water partition coefficient (Wildman–Crippen LogP) is 1.59. The molecule has 2 rings (SSSR count). The second-order valence-electron chi connectivity index (χ2n) is 5.76. The molecule has 0 saturated heterocycles. The van der Waals surface area contributed by atoms with Crippen molar-refractivity contribution in [1.82, 2.24) is 9.88 Å². The van der Waals surface area contributed by atoms with Gasteiger partial charge in [-0.3, -0.25) is 0 Å². The fraction of sp³-hybridized carbons (Fsp3) is 0.600. The van der Waals surface area contributed by atoms with E-state index in [1.165, 1.54) is 24.1 Å². The first-order valence-corrected chi connectivity index (χ1v) is 7.58. The molecule has 2 N–H and O–H groups in total. The molecule has 0 atom stereocenters. The van der Waals surface area contributed by atoms with Crippen LogP contribution in [-0.4, -0.2) is 49.1 Å². The summed E-state index contributed by atoms with van der Waals surface area (Å²) in [6.45, 7) is 1.89. The number of nitrogens with two attached hydrogens (primary N) is 1. The maximum atomic E-state index is 5.90. The lowest BCUT2D eigenvalue weighted by Gasteiger charge is -2.25. The molecule has 0 saturated carbocycles. The van der Waals surface area contributed by atoms with E-state index in [0.717, 1.165) is 37.3 Å². The summed E-state index contributed by atoms with van der Waals surface area (Å²) in [5.41, 5.74) is 9.36. The van der Waals surface area contributed by atoms with Crippen LogP contribution >= 0.6 is 12.2 Å². The van der Waals surface area contributed by atoms with Crippen molar-refractivity contribution in [3.05, 3.63) is 22.9 Å². The molecule has 1 aliphatic rings. The first-order valence-electron chi connectivity index (χ1n) is 7.17. The summed E-state index contributed by atoms with van der Waals surface area (Å²) >= 11 is 5.21. The average Bonchev–Trinajstić information content (AvgIpc) is 2.43. The smallest absolute Gasteiger partial charge is 0.138 e. The highest BCUT2D eigenvalue weighted by atomic mass is 32.1. The molecule has 0 aromatic carbocycles. The largest absolute Gasteiger partial charge is 0.389 e. The van der Waals surface area contributed by atoms with Gasteiger partial charge >= 0.3 is 0 Å². The van der Waals surface area contributed by atoms with Gasteiger partial charge in [0.2, 0.25) is 0 Å². The highest BCUT2D eigenvalue weighted by Gasteiger charge is 2.18. The van der Waals surface area contributed by atoms with Crippen LogP contribution in [0, 0.1) is 0 Å². The van der Waals surface area contributed by atoms with Crippen molar-refractivity contribution in [1.29, 1.82) is 0 Å². The molecule has 1 aromatic heterocycles. The van der Waals surface area contributed by atoms with Crippen molar-refractivity contribution in [3.8, 4) is 0 Å². The third-order valence-electron chi connectivity index (χ3n) is 3.79. The van der Waals surface area contributed by atoms with Crippen molar-refractivity contribution in [2.45, 2.75) is 25.7 Å². The third kappa shape index (κ3) is 3.46. The van der Waals surface area contributed by atoms with Gasteiger partial charge in [0.1, 0.15) is 10.8 Å². The minimum absolute atomic E-state index is 0.442. The molecule has 1 aliphatic carbocycles. The Morgan fingerprint density at radius 1 is 1.25 bits per heavy atom. The van der Waals surface area contributed by atoms with Gasteiger partial charge in [0.25, 0.3) is 0 Å². The quantitative estimate of drug-likeness (QED) is 0.835. The lowest BCUT2D eigenvalue weighted by molar-refractivity contribution is 0.416. The summed E-state index contributed by atoms with van der Waals surface area (Å²) < 4.78 is 0. The third-order valence-corrected chi connectivity index (χ3v) is 4.01. The van der Waals surface area contributed by atoms with E-state index < -0.39 is 0 Å². The van der Waals surface area contributed by atoms with Gasteiger partial charge < -0.3 is 15.5 Å². The van der Waals surface area contributed by atoms with Gasteiger partial charge in [0.05, 0.1) is 5.56 Å². The van der Waals surface area contributed by atoms with E-state index in [1.54, 1.807) is 0 Å². The van der Waals surface area contributed by atoms with Crippen molar-refractivity contribution >= 4 is 23.0 Å². The van der Waals surface area contributed by atoms with E-state index in [9.17, 15) is 0 Å². The van der Waals surface area contributed by atoms with E-state index in [4.69, 9.17) is 22.9 Å². The lowest BCUT2D eigenvalue weighted by Crippen LogP contribution is -2.31. The number of thiocarbonyl (C=S) groups is 1. The molecule has 0 unspecified atom stereocenters. The van der Waals surface area contributed by atoms with Gasteiger partial charge in [0, 0.05) is 25.8 Å². The molecule has 110 valence electrons. The Morgan fingerprint density at radius 3 is 2.60 bits per heavy atom. The number of hydrogen-bond acceptors (Lipinski definition) is 4. The Bertz CT molecular complexity index is 499. The highest BCUT2D eigenvalue weighted by Crippen LogP contribution is 2.26. The van der Waals surface area contributed by atoms with E-state index in [2.05, 4.69) is 37.0 Å².